The maximum atomic E-state index is 12.6. The summed E-state index contributed by atoms with van der Waals surface area (Å²) in [5.41, 5.74) is -0.549. The summed E-state index contributed by atoms with van der Waals surface area (Å²) in [5, 5.41) is 8.55. The zero-order chi connectivity index (χ0) is 16.5. The van der Waals surface area contributed by atoms with Gasteiger partial charge >= 0.3 is 12.1 Å². The molecule has 1 aromatic carbocycles. The summed E-state index contributed by atoms with van der Waals surface area (Å²) in [6.07, 6.45) is -4.69. The molecule has 0 unspecified atom stereocenters. The van der Waals surface area contributed by atoms with Crippen LogP contribution in [0.5, 0.6) is 0 Å². The van der Waals surface area contributed by atoms with Crippen LogP contribution in [0.3, 0.4) is 0 Å². The van der Waals surface area contributed by atoms with Gasteiger partial charge in [0.25, 0.3) is 10.0 Å². The summed E-state index contributed by atoms with van der Waals surface area (Å²) < 4.78 is 63.9. The molecule has 0 fully saturated rings. The Morgan fingerprint density at radius 3 is 2.59 bits per heavy atom. The number of alkyl halides is 3. The van der Waals surface area contributed by atoms with E-state index >= 15 is 0 Å². The van der Waals surface area contributed by atoms with E-state index in [1.165, 1.54) is 0 Å². The molecule has 2 rings (SSSR count). The molecule has 1 aromatic heterocycles. The summed E-state index contributed by atoms with van der Waals surface area (Å²) >= 11 is 0.705. The second kappa shape index (κ2) is 5.57. The number of benzene rings is 1. The van der Waals surface area contributed by atoms with E-state index in [9.17, 15) is 26.4 Å². The number of thiazole rings is 1. The Bertz CT molecular complexity index is 815. The minimum Gasteiger partial charge on any atom is -0.476 e. The van der Waals surface area contributed by atoms with Crippen LogP contribution >= 0.6 is 11.3 Å². The Morgan fingerprint density at radius 2 is 2.00 bits per heavy atom. The van der Waals surface area contributed by atoms with Crippen molar-refractivity contribution in [3.05, 3.63) is 41.0 Å². The number of halogens is 3. The molecule has 0 saturated heterocycles. The smallest absolute Gasteiger partial charge is 0.416 e. The van der Waals surface area contributed by atoms with Crippen LogP contribution < -0.4 is 4.72 Å². The fourth-order valence-corrected chi connectivity index (χ4v) is 3.53. The van der Waals surface area contributed by atoms with Crippen LogP contribution in [-0.4, -0.2) is 24.5 Å². The van der Waals surface area contributed by atoms with Crippen LogP contribution in [0.4, 0.5) is 18.2 Å². The minimum absolute atomic E-state index is 0.287. The van der Waals surface area contributed by atoms with Gasteiger partial charge in [-0.05, 0) is 18.2 Å². The van der Waals surface area contributed by atoms with Crippen LogP contribution in [0.1, 0.15) is 16.1 Å². The third-order valence-corrected chi connectivity index (χ3v) is 4.69. The third kappa shape index (κ3) is 3.36. The van der Waals surface area contributed by atoms with Gasteiger partial charge in [-0.2, -0.15) is 13.2 Å². The van der Waals surface area contributed by atoms with Gasteiger partial charge in [0.1, 0.15) is 5.00 Å². The molecule has 0 amide bonds. The molecule has 0 radical (unpaired) electrons. The Kier molecular flexibility index (Phi) is 4.11. The predicted octanol–water partition coefficient (Wildman–Crippen LogP) is 2.66. The molecule has 2 N–H and O–H groups in total. The zero-order valence-electron chi connectivity index (χ0n) is 10.5. The summed E-state index contributed by atoms with van der Waals surface area (Å²) in [4.78, 5) is 13.7. The van der Waals surface area contributed by atoms with Gasteiger partial charge < -0.3 is 5.11 Å². The largest absolute Gasteiger partial charge is 0.476 e. The maximum Gasteiger partial charge on any atom is 0.416 e. The number of carboxylic acid groups (broad SMARTS) is 1. The molecular weight excluding hydrogens is 345 g/mol. The van der Waals surface area contributed by atoms with Crippen molar-refractivity contribution in [1.82, 2.24) is 4.98 Å². The Labute approximate surface area is 126 Å². The lowest BCUT2D eigenvalue weighted by Crippen LogP contribution is -2.15. The lowest BCUT2D eigenvalue weighted by atomic mass is 10.2. The van der Waals surface area contributed by atoms with Gasteiger partial charge in [-0.3, -0.25) is 4.72 Å². The second-order valence-electron chi connectivity index (χ2n) is 3.97. The van der Waals surface area contributed by atoms with E-state index in [1.54, 1.807) is 0 Å². The van der Waals surface area contributed by atoms with Crippen LogP contribution in [0.25, 0.3) is 0 Å². The number of anilines is 1. The molecule has 1 heterocycles. The molecule has 0 aliphatic rings. The Balaban J connectivity index is 2.39. The van der Waals surface area contributed by atoms with Crippen LogP contribution in [0.2, 0.25) is 0 Å². The van der Waals surface area contributed by atoms with E-state index in [0.717, 1.165) is 23.7 Å². The number of rotatable bonds is 4. The second-order valence-corrected chi connectivity index (χ2v) is 6.50. The molecule has 6 nitrogen and oxygen atoms in total. The van der Waals surface area contributed by atoms with Crippen molar-refractivity contribution >= 4 is 32.3 Å². The topological polar surface area (TPSA) is 96.4 Å². The first-order valence-corrected chi connectivity index (χ1v) is 7.84. The molecule has 11 heteroatoms. The summed E-state index contributed by atoms with van der Waals surface area (Å²) in [7, 11) is -4.36. The zero-order valence-corrected chi connectivity index (χ0v) is 12.1. The first-order chi connectivity index (χ1) is 10.1. The van der Waals surface area contributed by atoms with Gasteiger partial charge in [-0.25, -0.2) is 18.2 Å². The monoisotopic (exact) mass is 352 g/mol. The number of hydrogen-bond donors (Lipinski definition) is 2. The van der Waals surface area contributed by atoms with E-state index in [2.05, 4.69) is 4.98 Å². The van der Waals surface area contributed by atoms with Crippen molar-refractivity contribution in [2.24, 2.45) is 0 Å². The molecule has 0 atom stereocenters. The van der Waals surface area contributed by atoms with Crippen LogP contribution in [0.15, 0.2) is 34.7 Å². The van der Waals surface area contributed by atoms with E-state index in [1.807, 2.05) is 4.72 Å². The van der Waals surface area contributed by atoms with Gasteiger partial charge in [-0.1, -0.05) is 6.07 Å². The highest BCUT2D eigenvalue weighted by Gasteiger charge is 2.32. The molecule has 0 spiro atoms. The van der Waals surface area contributed by atoms with Crippen LogP contribution in [0, 0.1) is 0 Å². The average Bonchev–Trinajstić information content (AvgIpc) is 2.85. The standard InChI is InChI=1S/C11H7F3N2O4S2/c12-11(13,14)6-2-1-3-7(4-6)22(19,20)16-9-8(10(17)18)15-5-21-9/h1-5,16H,(H,17,18). The SMILES string of the molecule is O=C(O)c1ncsc1NS(=O)(=O)c1cccc(C(F)(F)F)c1. The number of carbonyl (C=O) groups is 1. The highest BCUT2D eigenvalue weighted by atomic mass is 32.2. The molecule has 0 aliphatic heterocycles. The quantitative estimate of drug-likeness (QED) is 0.882. The van der Waals surface area contributed by atoms with Crippen molar-refractivity contribution in [3.8, 4) is 0 Å². The number of carboxylic acids is 1. The first-order valence-electron chi connectivity index (χ1n) is 5.48. The number of nitrogens with zero attached hydrogens (tertiary/aromatic N) is 1. The van der Waals surface area contributed by atoms with Crippen LogP contribution in [-0.2, 0) is 16.2 Å². The summed E-state index contributed by atoms with van der Waals surface area (Å²) in [6, 6.07) is 3.11. The van der Waals surface area contributed by atoms with Gasteiger partial charge in [0.05, 0.1) is 16.0 Å². The van der Waals surface area contributed by atoms with Crippen molar-refractivity contribution in [2.75, 3.05) is 4.72 Å². The van der Waals surface area contributed by atoms with Gasteiger partial charge in [0, 0.05) is 0 Å². The van der Waals surface area contributed by atoms with E-state index in [0.29, 0.717) is 17.4 Å². The average molecular weight is 352 g/mol. The normalized spacial score (nSPS) is 12.1. The number of aromatic carboxylic acids is 1. The molecule has 22 heavy (non-hydrogen) atoms. The fraction of sp³-hybridized carbons (Fsp3) is 0.0909. The van der Waals surface area contributed by atoms with E-state index in [-0.39, 0.29) is 5.00 Å². The molecule has 0 bridgehead atoms. The Morgan fingerprint density at radius 1 is 1.32 bits per heavy atom. The van der Waals surface area contributed by atoms with Crippen molar-refractivity contribution in [1.29, 1.82) is 0 Å². The summed E-state index contributed by atoms with van der Waals surface area (Å²) in [6.45, 7) is 0. The highest BCUT2D eigenvalue weighted by molar-refractivity contribution is 7.93. The minimum atomic E-state index is -4.69. The van der Waals surface area contributed by atoms with E-state index < -0.39 is 38.3 Å². The highest BCUT2D eigenvalue weighted by Crippen LogP contribution is 2.31. The van der Waals surface area contributed by atoms with Crippen molar-refractivity contribution < 1.29 is 31.5 Å². The molecular formula is C11H7F3N2O4S2. The molecule has 118 valence electrons. The van der Waals surface area contributed by atoms with Gasteiger partial charge in [-0.15, -0.1) is 11.3 Å². The maximum absolute atomic E-state index is 12.6. The van der Waals surface area contributed by atoms with Crippen molar-refractivity contribution in [2.45, 2.75) is 11.1 Å². The number of aromatic nitrogens is 1. The first kappa shape index (κ1) is 16.2. The number of nitrogens with one attached hydrogen (secondary N) is 1. The van der Waals surface area contributed by atoms with E-state index in [4.69, 9.17) is 5.11 Å². The molecule has 2 aromatic rings. The lowest BCUT2D eigenvalue weighted by Gasteiger charge is -2.10. The fourth-order valence-electron chi connectivity index (χ4n) is 1.49. The number of sulfonamides is 1. The lowest BCUT2D eigenvalue weighted by molar-refractivity contribution is -0.137. The predicted molar refractivity (Wildman–Crippen MR) is 71.3 cm³/mol. The van der Waals surface area contributed by atoms with Crippen molar-refractivity contribution in [3.63, 3.8) is 0 Å². The summed E-state index contributed by atoms with van der Waals surface area (Å²) in [5.74, 6) is -1.46. The third-order valence-electron chi connectivity index (χ3n) is 2.47. The number of hydrogen-bond acceptors (Lipinski definition) is 5. The van der Waals surface area contributed by atoms with Gasteiger partial charge in [0.2, 0.25) is 0 Å². The van der Waals surface area contributed by atoms with Gasteiger partial charge in [0.15, 0.2) is 5.69 Å². The molecule has 0 saturated carbocycles. The Hall–Kier alpha value is -2.14. The molecule has 0 aliphatic carbocycles.